The number of H-pyrrole nitrogens is 2. The zero-order valence-electron chi connectivity index (χ0n) is 19.8. The summed E-state index contributed by atoms with van der Waals surface area (Å²) in [6.07, 6.45) is 0.111. The number of amides is 1. The van der Waals surface area contributed by atoms with E-state index in [1.54, 1.807) is 16.7 Å². The van der Waals surface area contributed by atoms with Crippen molar-refractivity contribution in [1.29, 1.82) is 0 Å². The lowest BCUT2D eigenvalue weighted by Gasteiger charge is -2.36. The Balaban J connectivity index is 1.30. The summed E-state index contributed by atoms with van der Waals surface area (Å²) in [5.41, 5.74) is 0.946. The lowest BCUT2D eigenvalue weighted by Crippen LogP contribution is -2.49. The topological polar surface area (TPSA) is 120 Å². The summed E-state index contributed by atoms with van der Waals surface area (Å²) in [7, 11) is 0. The van der Waals surface area contributed by atoms with Gasteiger partial charge >= 0.3 is 5.69 Å². The normalized spacial score (nSPS) is 13.6. The summed E-state index contributed by atoms with van der Waals surface area (Å²) in [6.45, 7) is 2.76. The van der Waals surface area contributed by atoms with Gasteiger partial charge in [0.15, 0.2) is 5.16 Å². The first-order valence-corrected chi connectivity index (χ1v) is 12.7. The Morgan fingerprint density at radius 2 is 1.65 bits per heavy atom. The molecule has 2 aromatic carbocycles. The number of benzene rings is 2. The molecule has 1 fully saturated rings. The number of hydrogen-bond donors (Lipinski definition) is 2. The van der Waals surface area contributed by atoms with Crippen LogP contribution in [0, 0.1) is 5.82 Å². The van der Waals surface area contributed by atoms with Crippen molar-refractivity contribution in [3.05, 3.63) is 98.8 Å². The van der Waals surface area contributed by atoms with Crippen LogP contribution < -0.4 is 16.1 Å². The maximum absolute atomic E-state index is 13.6. The van der Waals surface area contributed by atoms with Crippen molar-refractivity contribution >= 4 is 23.4 Å². The zero-order valence-corrected chi connectivity index (χ0v) is 20.6. The highest BCUT2D eigenvalue weighted by Gasteiger charge is 2.23. The van der Waals surface area contributed by atoms with Crippen LogP contribution in [-0.4, -0.2) is 67.5 Å². The highest BCUT2D eigenvalue weighted by molar-refractivity contribution is 7.99. The number of para-hydroxylation sites is 1. The number of nitrogens with zero attached hydrogens (tertiary/aromatic N) is 5. The largest absolute Gasteiger partial charge is 0.368 e. The molecule has 0 spiro atoms. The second-order valence-corrected chi connectivity index (χ2v) is 9.43. The molecule has 37 heavy (non-hydrogen) atoms. The van der Waals surface area contributed by atoms with Crippen LogP contribution >= 0.6 is 11.8 Å². The van der Waals surface area contributed by atoms with Gasteiger partial charge in [0.05, 0.1) is 5.75 Å². The second kappa shape index (κ2) is 10.8. The number of carbonyl (C=O) groups excluding carboxylic acids is 1. The van der Waals surface area contributed by atoms with Crippen molar-refractivity contribution < 1.29 is 9.18 Å². The number of piperazine rings is 1. The number of rotatable bonds is 7. The molecular weight excluding hydrogens is 497 g/mol. The van der Waals surface area contributed by atoms with Crippen LogP contribution in [0.3, 0.4) is 0 Å². The molecule has 10 nitrogen and oxygen atoms in total. The Bertz CT molecular complexity index is 1460. The Morgan fingerprint density at radius 3 is 2.35 bits per heavy atom. The number of hydrogen-bond acceptors (Lipinski definition) is 7. The molecule has 0 bridgehead atoms. The van der Waals surface area contributed by atoms with Gasteiger partial charge in [-0.1, -0.05) is 30.0 Å². The molecule has 190 valence electrons. The predicted molar refractivity (Wildman–Crippen MR) is 138 cm³/mol. The summed E-state index contributed by atoms with van der Waals surface area (Å²) in [4.78, 5) is 45.2. The first-order valence-electron chi connectivity index (χ1n) is 11.7. The number of anilines is 1. The van der Waals surface area contributed by atoms with E-state index in [0.29, 0.717) is 35.5 Å². The minimum atomic E-state index is -0.622. The van der Waals surface area contributed by atoms with E-state index in [1.807, 2.05) is 23.1 Å². The van der Waals surface area contributed by atoms with Crippen LogP contribution in [0.4, 0.5) is 10.1 Å². The van der Waals surface area contributed by atoms with Gasteiger partial charge in [-0.15, -0.1) is 10.2 Å². The second-order valence-electron chi connectivity index (χ2n) is 8.49. The van der Waals surface area contributed by atoms with E-state index in [2.05, 4.69) is 37.2 Å². The van der Waals surface area contributed by atoms with Crippen molar-refractivity contribution in [2.24, 2.45) is 0 Å². The fourth-order valence-corrected chi connectivity index (χ4v) is 5.09. The van der Waals surface area contributed by atoms with Crippen LogP contribution in [0.2, 0.25) is 0 Å². The third kappa shape index (κ3) is 5.80. The average molecular weight is 522 g/mol. The molecule has 3 heterocycles. The summed E-state index contributed by atoms with van der Waals surface area (Å²) in [5.74, 6) is 0.189. The van der Waals surface area contributed by atoms with Gasteiger partial charge in [-0.05, 0) is 36.4 Å². The lowest BCUT2D eigenvalue weighted by atomic mass is 10.2. The maximum Gasteiger partial charge on any atom is 0.325 e. The number of nitrogens with one attached hydrogen (secondary N) is 2. The van der Waals surface area contributed by atoms with Crippen molar-refractivity contribution in [1.82, 2.24) is 29.6 Å². The standard InChI is InChI=1S/C25H24FN7O3S/c26-17-6-8-20(9-7-17)33-21(14-18-15-22(34)28-24(36)27-18)29-30-25(33)37-16-23(35)32-12-10-31(11-13-32)19-4-2-1-3-5-19/h1-9,15H,10-14,16H2,(H2,27,28,34,36). The van der Waals surface area contributed by atoms with Gasteiger partial charge < -0.3 is 14.8 Å². The fraction of sp³-hybridized carbons (Fsp3) is 0.240. The lowest BCUT2D eigenvalue weighted by molar-refractivity contribution is -0.128. The Morgan fingerprint density at radius 1 is 0.919 bits per heavy atom. The molecule has 0 atom stereocenters. The minimum Gasteiger partial charge on any atom is -0.368 e. The summed E-state index contributed by atoms with van der Waals surface area (Å²) < 4.78 is 15.3. The fourth-order valence-electron chi connectivity index (χ4n) is 4.21. The number of aromatic nitrogens is 5. The molecule has 0 radical (unpaired) electrons. The smallest absolute Gasteiger partial charge is 0.325 e. The molecule has 1 saturated heterocycles. The molecule has 12 heteroatoms. The van der Waals surface area contributed by atoms with E-state index in [1.165, 1.54) is 30.0 Å². The SMILES string of the molecule is O=C(CSc1nnc(Cc2cc(=O)[nH]c(=O)[nH]2)n1-c1ccc(F)cc1)N1CCN(c2ccccc2)CC1. The quantitative estimate of drug-likeness (QED) is 0.356. The van der Waals surface area contributed by atoms with E-state index in [4.69, 9.17) is 0 Å². The van der Waals surface area contributed by atoms with Crippen molar-refractivity contribution in [2.75, 3.05) is 36.8 Å². The highest BCUT2D eigenvalue weighted by atomic mass is 32.2. The molecule has 2 N–H and O–H groups in total. The van der Waals surface area contributed by atoms with Crippen LogP contribution in [0.15, 0.2) is 75.4 Å². The van der Waals surface area contributed by atoms with Gasteiger partial charge in [0.1, 0.15) is 11.6 Å². The van der Waals surface area contributed by atoms with Gasteiger partial charge in [-0.2, -0.15) is 0 Å². The zero-order chi connectivity index (χ0) is 25.8. The highest BCUT2D eigenvalue weighted by Crippen LogP contribution is 2.24. The van der Waals surface area contributed by atoms with Crippen LogP contribution in [0.5, 0.6) is 0 Å². The Kier molecular flexibility index (Phi) is 7.17. The summed E-state index contributed by atoms with van der Waals surface area (Å²) in [6, 6.07) is 17.2. The first kappa shape index (κ1) is 24.5. The summed E-state index contributed by atoms with van der Waals surface area (Å²) >= 11 is 1.23. The minimum absolute atomic E-state index is 0.00755. The number of thioether (sulfide) groups is 1. The van der Waals surface area contributed by atoms with E-state index in [0.717, 1.165) is 18.8 Å². The van der Waals surface area contributed by atoms with Crippen LogP contribution in [0.1, 0.15) is 11.5 Å². The van der Waals surface area contributed by atoms with E-state index >= 15 is 0 Å². The maximum atomic E-state index is 13.6. The molecule has 4 aromatic rings. The van der Waals surface area contributed by atoms with Crippen molar-refractivity contribution in [3.63, 3.8) is 0 Å². The van der Waals surface area contributed by atoms with Gasteiger partial charge in [0.2, 0.25) is 5.91 Å². The van der Waals surface area contributed by atoms with E-state index < -0.39 is 17.1 Å². The van der Waals surface area contributed by atoms with Crippen LogP contribution in [0.25, 0.3) is 5.69 Å². The molecule has 1 aliphatic rings. The molecule has 5 rings (SSSR count). The number of halogens is 1. The van der Waals surface area contributed by atoms with E-state index in [-0.39, 0.29) is 18.1 Å². The first-order chi connectivity index (χ1) is 18.0. The van der Waals surface area contributed by atoms with Gasteiger partial charge in [0, 0.05) is 55.7 Å². The monoisotopic (exact) mass is 521 g/mol. The Labute approximate surface area is 215 Å². The molecule has 0 unspecified atom stereocenters. The van der Waals surface area contributed by atoms with Crippen LogP contribution in [-0.2, 0) is 11.2 Å². The van der Waals surface area contributed by atoms with Gasteiger partial charge in [-0.3, -0.25) is 19.1 Å². The van der Waals surface area contributed by atoms with Crippen molar-refractivity contribution in [2.45, 2.75) is 11.6 Å². The Hall–Kier alpha value is -4.19. The van der Waals surface area contributed by atoms with E-state index in [9.17, 15) is 18.8 Å². The van der Waals surface area contributed by atoms with Crippen molar-refractivity contribution in [3.8, 4) is 5.69 Å². The molecule has 0 saturated carbocycles. The molecule has 2 aromatic heterocycles. The summed E-state index contributed by atoms with van der Waals surface area (Å²) in [5, 5.41) is 8.94. The number of carbonyl (C=O) groups is 1. The molecule has 1 aliphatic heterocycles. The third-order valence-electron chi connectivity index (χ3n) is 6.03. The van der Waals surface area contributed by atoms with Gasteiger partial charge in [0.25, 0.3) is 5.56 Å². The number of aromatic amines is 2. The molecule has 0 aliphatic carbocycles. The third-order valence-corrected chi connectivity index (χ3v) is 6.94. The molecule has 1 amide bonds. The molecular formula is C25H24FN7O3S. The van der Waals surface area contributed by atoms with Gasteiger partial charge in [-0.25, -0.2) is 9.18 Å². The average Bonchev–Trinajstić information content (AvgIpc) is 3.30. The predicted octanol–water partition coefficient (Wildman–Crippen LogP) is 1.81.